The molecular formula is C52H37N5. The van der Waals surface area contributed by atoms with Crippen molar-refractivity contribution in [3.05, 3.63) is 199 Å². The smallest absolute Gasteiger partial charge is 0.162 e. The molecule has 0 atom stereocenters. The van der Waals surface area contributed by atoms with Crippen LogP contribution in [0.3, 0.4) is 0 Å². The Labute approximate surface area is 331 Å². The molecule has 5 nitrogen and oxygen atoms in total. The fourth-order valence-electron chi connectivity index (χ4n) is 7.72. The van der Waals surface area contributed by atoms with Gasteiger partial charge in [0.1, 0.15) is 0 Å². The number of rotatable bonds is 7. The van der Waals surface area contributed by atoms with Crippen LogP contribution in [0.5, 0.6) is 0 Å². The van der Waals surface area contributed by atoms with Gasteiger partial charge in [-0.3, -0.25) is 0 Å². The lowest BCUT2D eigenvalue weighted by Gasteiger charge is -2.17. The Balaban J connectivity index is 1.28. The van der Waals surface area contributed by atoms with Gasteiger partial charge in [0.25, 0.3) is 0 Å². The largest absolute Gasteiger partial charge is 0.308 e. The van der Waals surface area contributed by atoms with Gasteiger partial charge in [-0.25, -0.2) is 19.9 Å². The predicted molar refractivity (Wildman–Crippen MR) is 234 cm³/mol. The second-order valence-corrected chi connectivity index (χ2v) is 14.5. The molecule has 5 heteroatoms. The van der Waals surface area contributed by atoms with Crippen LogP contribution in [0.15, 0.2) is 188 Å². The van der Waals surface area contributed by atoms with Crippen molar-refractivity contribution in [3.8, 4) is 73.5 Å². The molecule has 0 saturated heterocycles. The maximum atomic E-state index is 5.36. The van der Waals surface area contributed by atoms with Gasteiger partial charge in [-0.15, -0.1) is 0 Å². The highest BCUT2D eigenvalue weighted by molar-refractivity contribution is 6.10. The van der Waals surface area contributed by atoms with Gasteiger partial charge in [-0.05, 0) is 67.4 Å². The molecule has 0 aliphatic heterocycles. The molecule has 0 fully saturated rings. The van der Waals surface area contributed by atoms with Crippen molar-refractivity contribution >= 4 is 21.8 Å². The van der Waals surface area contributed by atoms with Crippen molar-refractivity contribution in [2.24, 2.45) is 0 Å². The monoisotopic (exact) mass is 731 g/mol. The summed E-state index contributed by atoms with van der Waals surface area (Å²) in [6.07, 6.45) is 0. The molecule has 0 aliphatic carbocycles. The van der Waals surface area contributed by atoms with E-state index in [1.54, 1.807) is 0 Å². The Morgan fingerprint density at radius 2 is 0.719 bits per heavy atom. The van der Waals surface area contributed by atoms with E-state index in [0.29, 0.717) is 11.6 Å². The summed E-state index contributed by atoms with van der Waals surface area (Å²) in [6.45, 7) is 4.30. The molecule has 3 heterocycles. The highest BCUT2D eigenvalue weighted by atomic mass is 15.0. The van der Waals surface area contributed by atoms with E-state index in [1.807, 2.05) is 48.5 Å². The fraction of sp³-hybridized carbons (Fsp3) is 0.0385. The molecule has 57 heavy (non-hydrogen) atoms. The maximum absolute atomic E-state index is 5.36. The van der Waals surface area contributed by atoms with E-state index < -0.39 is 0 Å². The maximum Gasteiger partial charge on any atom is 0.162 e. The second kappa shape index (κ2) is 14.3. The number of fused-ring (bicyclic) bond motifs is 3. The van der Waals surface area contributed by atoms with Crippen LogP contribution in [0, 0.1) is 13.8 Å². The minimum absolute atomic E-state index is 0.616. The first-order valence-electron chi connectivity index (χ1n) is 19.2. The van der Waals surface area contributed by atoms with E-state index in [9.17, 15) is 0 Å². The van der Waals surface area contributed by atoms with Crippen LogP contribution >= 0.6 is 0 Å². The van der Waals surface area contributed by atoms with Gasteiger partial charge >= 0.3 is 0 Å². The Hall–Kier alpha value is -7.50. The molecule has 270 valence electrons. The van der Waals surface area contributed by atoms with Crippen molar-refractivity contribution < 1.29 is 0 Å². The van der Waals surface area contributed by atoms with E-state index in [-0.39, 0.29) is 0 Å². The highest BCUT2D eigenvalue weighted by Crippen LogP contribution is 2.39. The van der Waals surface area contributed by atoms with Crippen LogP contribution in [0.1, 0.15) is 11.1 Å². The lowest BCUT2D eigenvalue weighted by molar-refractivity contribution is 1.13. The SMILES string of the molecule is Cc1ccc2c3ccc(C)cc3n(-c3ccc(-c4nc(-c5ccccc5)cc(-c5ccccc5)n4)cc3-c3nc(-c4ccccc4)cc(-c4ccccc4)n3)c2c1. The van der Waals surface area contributed by atoms with Gasteiger partial charge in [0.15, 0.2) is 11.6 Å². The highest BCUT2D eigenvalue weighted by Gasteiger charge is 2.21. The summed E-state index contributed by atoms with van der Waals surface area (Å²) >= 11 is 0. The van der Waals surface area contributed by atoms with Crippen LogP contribution in [-0.2, 0) is 0 Å². The van der Waals surface area contributed by atoms with Gasteiger partial charge in [0.2, 0.25) is 0 Å². The number of hydrogen-bond acceptors (Lipinski definition) is 4. The predicted octanol–water partition coefficient (Wildman–Crippen LogP) is 13.0. The van der Waals surface area contributed by atoms with Crippen molar-refractivity contribution in [2.45, 2.75) is 13.8 Å². The Bertz CT molecular complexity index is 2890. The lowest BCUT2D eigenvalue weighted by Crippen LogP contribution is -2.03. The fourth-order valence-corrected chi connectivity index (χ4v) is 7.72. The molecular weight excluding hydrogens is 695 g/mol. The number of hydrogen-bond donors (Lipinski definition) is 0. The van der Waals surface area contributed by atoms with Crippen molar-refractivity contribution in [2.75, 3.05) is 0 Å². The summed E-state index contributed by atoms with van der Waals surface area (Å²) < 4.78 is 2.38. The number of aromatic nitrogens is 5. The van der Waals surface area contributed by atoms with Crippen LogP contribution in [0.4, 0.5) is 0 Å². The first kappa shape index (κ1) is 34.0. The molecule has 0 bridgehead atoms. The first-order valence-corrected chi connectivity index (χ1v) is 19.2. The molecule has 3 aromatic heterocycles. The molecule has 0 spiro atoms. The minimum atomic E-state index is 0.616. The molecule has 7 aromatic carbocycles. The van der Waals surface area contributed by atoms with E-state index in [2.05, 4.69) is 158 Å². The van der Waals surface area contributed by atoms with Crippen molar-refractivity contribution in [1.29, 1.82) is 0 Å². The standard InChI is InChI=1S/C52H37N5/c1-34-23-26-41-42-27-24-35(2)30-50(42)57(49(41)29-34)48-28-25-40(51-53-44(36-15-7-3-8-16-36)32-45(54-51)37-17-9-4-10-18-37)31-43(48)52-55-46(38-19-11-5-12-20-38)33-47(56-52)39-21-13-6-14-22-39/h3-33H,1-2H3. The van der Waals surface area contributed by atoms with E-state index in [0.717, 1.165) is 72.9 Å². The minimum Gasteiger partial charge on any atom is -0.308 e. The van der Waals surface area contributed by atoms with E-state index >= 15 is 0 Å². The van der Waals surface area contributed by atoms with Gasteiger partial charge in [-0.1, -0.05) is 146 Å². The number of benzene rings is 7. The van der Waals surface area contributed by atoms with E-state index in [1.165, 1.54) is 21.9 Å². The van der Waals surface area contributed by atoms with E-state index in [4.69, 9.17) is 19.9 Å². The summed E-state index contributed by atoms with van der Waals surface area (Å²) in [7, 11) is 0. The molecule has 10 rings (SSSR count). The Morgan fingerprint density at radius 1 is 0.333 bits per heavy atom. The van der Waals surface area contributed by atoms with Gasteiger partial charge < -0.3 is 4.57 Å². The third-order valence-corrected chi connectivity index (χ3v) is 10.5. The van der Waals surface area contributed by atoms with Crippen LogP contribution in [0.25, 0.3) is 95.3 Å². The second-order valence-electron chi connectivity index (χ2n) is 14.5. The molecule has 0 unspecified atom stereocenters. The molecule has 0 N–H and O–H groups in total. The third kappa shape index (κ3) is 6.45. The molecule has 0 amide bonds. The Kier molecular flexibility index (Phi) is 8.53. The zero-order valence-electron chi connectivity index (χ0n) is 31.6. The summed E-state index contributed by atoms with van der Waals surface area (Å²) in [5.74, 6) is 1.24. The van der Waals surface area contributed by atoms with Crippen LogP contribution in [0.2, 0.25) is 0 Å². The molecule has 10 aromatic rings. The summed E-state index contributed by atoms with van der Waals surface area (Å²) in [4.78, 5) is 21.2. The number of nitrogens with zero attached hydrogens (tertiary/aromatic N) is 5. The zero-order valence-corrected chi connectivity index (χ0v) is 31.6. The van der Waals surface area contributed by atoms with Crippen molar-refractivity contribution in [3.63, 3.8) is 0 Å². The average molecular weight is 732 g/mol. The summed E-state index contributed by atoms with van der Waals surface area (Å²) in [6, 6.07) is 65.4. The zero-order chi connectivity index (χ0) is 38.3. The average Bonchev–Trinajstić information content (AvgIpc) is 3.59. The number of aryl methyl sites for hydroxylation is 2. The first-order chi connectivity index (χ1) is 28.1. The molecule has 0 radical (unpaired) electrons. The summed E-state index contributed by atoms with van der Waals surface area (Å²) in [5, 5.41) is 2.39. The summed E-state index contributed by atoms with van der Waals surface area (Å²) in [5.41, 5.74) is 14.8. The van der Waals surface area contributed by atoms with Crippen molar-refractivity contribution in [1.82, 2.24) is 24.5 Å². The molecule has 0 aliphatic rings. The van der Waals surface area contributed by atoms with Crippen LogP contribution in [-0.4, -0.2) is 24.5 Å². The van der Waals surface area contributed by atoms with Gasteiger partial charge in [0, 0.05) is 44.2 Å². The Morgan fingerprint density at radius 3 is 1.12 bits per heavy atom. The topological polar surface area (TPSA) is 56.5 Å². The lowest BCUT2D eigenvalue weighted by atomic mass is 10.0. The third-order valence-electron chi connectivity index (χ3n) is 10.5. The normalized spacial score (nSPS) is 11.3. The van der Waals surface area contributed by atoms with Crippen LogP contribution < -0.4 is 0 Å². The molecule has 0 saturated carbocycles. The van der Waals surface area contributed by atoms with Gasteiger partial charge in [0.05, 0.1) is 39.5 Å². The quantitative estimate of drug-likeness (QED) is 0.164. The van der Waals surface area contributed by atoms with Gasteiger partial charge in [-0.2, -0.15) is 0 Å².